The quantitative estimate of drug-likeness (QED) is 0.334. The largest absolute Gasteiger partial charge is 0.501 e. The summed E-state index contributed by atoms with van der Waals surface area (Å²) in [7, 11) is 0. The van der Waals surface area contributed by atoms with Crippen molar-refractivity contribution >= 4 is 23.6 Å². The highest BCUT2D eigenvalue weighted by Crippen LogP contribution is 2.13. The first-order chi connectivity index (χ1) is 9.54. The number of aromatic nitrogens is 2. The van der Waals surface area contributed by atoms with E-state index in [-0.39, 0.29) is 17.0 Å². The van der Waals surface area contributed by atoms with E-state index in [1.165, 1.54) is 12.5 Å². The fourth-order valence-corrected chi connectivity index (χ4v) is 1.48. The van der Waals surface area contributed by atoms with Gasteiger partial charge in [0.05, 0.1) is 24.7 Å². The summed E-state index contributed by atoms with van der Waals surface area (Å²) in [5, 5.41) is 0.0688. The molecule has 0 saturated carbocycles. The van der Waals surface area contributed by atoms with Crippen molar-refractivity contribution in [2.45, 2.75) is 39.7 Å². The number of unbranched alkanes of at least 4 members (excludes halogenated alkanes) is 1. The van der Waals surface area contributed by atoms with Crippen molar-refractivity contribution in [1.82, 2.24) is 9.97 Å². The molecule has 0 fully saturated rings. The summed E-state index contributed by atoms with van der Waals surface area (Å²) in [6.07, 6.45) is 6.25. The lowest BCUT2D eigenvalue weighted by Gasteiger charge is -2.09. The van der Waals surface area contributed by atoms with Gasteiger partial charge in [0, 0.05) is 6.20 Å². The standard InChI is InChI=1S/C14H19ClN2O3/c1-4-5-7-19-8-6-12-11(9-16-14(15)17-12)13(18)20-10(2)3/h6,8-10H,4-5,7H2,1-3H3/b8-6+. The van der Waals surface area contributed by atoms with Crippen LogP contribution in [0.1, 0.15) is 49.7 Å². The second-order valence-electron chi connectivity index (χ2n) is 4.42. The Kier molecular flexibility index (Phi) is 7.01. The van der Waals surface area contributed by atoms with Gasteiger partial charge in [-0.25, -0.2) is 14.8 Å². The minimum absolute atomic E-state index is 0.0688. The Labute approximate surface area is 124 Å². The van der Waals surface area contributed by atoms with Gasteiger partial charge in [-0.15, -0.1) is 0 Å². The lowest BCUT2D eigenvalue weighted by molar-refractivity contribution is 0.0376. The van der Waals surface area contributed by atoms with Crippen LogP contribution in [-0.4, -0.2) is 28.6 Å². The van der Waals surface area contributed by atoms with Gasteiger partial charge >= 0.3 is 5.97 Å². The van der Waals surface area contributed by atoms with Crippen LogP contribution in [-0.2, 0) is 9.47 Å². The summed E-state index contributed by atoms with van der Waals surface area (Å²) in [5.74, 6) is -0.482. The van der Waals surface area contributed by atoms with Crippen LogP contribution in [0.2, 0.25) is 5.28 Å². The second-order valence-corrected chi connectivity index (χ2v) is 4.76. The Balaban J connectivity index is 2.82. The predicted molar refractivity (Wildman–Crippen MR) is 77.5 cm³/mol. The van der Waals surface area contributed by atoms with Crippen LogP contribution >= 0.6 is 11.6 Å². The first-order valence-corrected chi connectivity index (χ1v) is 6.94. The molecule has 0 bridgehead atoms. The van der Waals surface area contributed by atoms with Crippen LogP contribution in [0.25, 0.3) is 6.08 Å². The summed E-state index contributed by atoms with van der Waals surface area (Å²) in [5.41, 5.74) is 0.644. The third-order valence-electron chi connectivity index (χ3n) is 2.29. The molecule has 0 saturated heterocycles. The van der Waals surface area contributed by atoms with Crippen molar-refractivity contribution in [3.05, 3.63) is 29.0 Å². The van der Waals surface area contributed by atoms with Crippen molar-refractivity contribution in [3.63, 3.8) is 0 Å². The third-order valence-corrected chi connectivity index (χ3v) is 2.47. The maximum atomic E-state index is 11.9. The Hall–Kier alpha value is -1.62. The van der Waals surface area contributed by atoms with Crippen LogP contribution in [0, 0.1) is 0 Å². The minimum Gasteiger partial charge on any atom is -0.501 e. The van der Waals surface area contributed by atoms with Crippen LogP contribution in [0.3, 0.4) is 0 Å². The molecule has 0 aliphatic heterocycles. The van der Waals surface area contributed by atoms with E-state index in [2.05, 4.69) is 16.9 Å². The van der Waals surface area contributed by atoms with Gasteiger partial charge in [0.1, 0.15) is 5.56 Å². The van der Waals surface area contributed by atoms with E-state index in [0.717, 1.165) is 12.8 Å². The molecule has 1 aromatic rings. The van der Waals surface area contributed by atoms with Crippen LogP contribution in [0.4, 0.5) is 0 Å². The summed E-state index contributed by atoms with van der Waals surface area (Å²) in [6, 6.07) is 0. The van der Waals surface area contributed by atoms with E-state index in [1.807, 2.05) is 0 Å². The predicted octanol–water partition coefficient (Wildman–Crippen LogP) is 3.48. The number of hydrogen-bond donors (Lipinski definition) is 0. The first-order valence-electron chi connectivity index (χ1n) is 6.56. The van der Waals surface area contributed by atoms with E-state index in [4.69, 9.17) is 21.1 Å². The van der Waals surface area contributed by atoms with Crippen molar-refractivity contribution in [1.29, 1.82) is 0 Å². The zero-order valence-electron chi connectivity index (χ0n) is 11.9. The van der Waals surface area contributed by atoms with Crippen molar-refractivity contribution in [3.8, 4) is 0 Å². The summed E-state index contributed by atoms with van der Waals surface area (Å²) >= 11 is 5.74. The van der Waals surface area contributed by atoms with Crippen molar-refractivity contribution < 1.29 is 14.3 Å². The maximum Gasteiger partial charge on any atom is 0.342 e. The maximum absolute atomic E-state index is 11.9. The molecule has 0 atom stereocenters. The summed E-state index contributed by atoms with van der Waals surface area (Å²) < 4.78 is 10.4. The number of carbonyl (C=O) groups excluding carboxylic acids is 1. The molecule has 1 heterocycles. The van der Waals surface area contributed by atoms with E-state index in [1.54, 1.807) is 19.9 Å². The zero-order chi connectivity index (χ0) is 15.0. The fourth-order valence-electron chi connectivity index (χ4n) is 1.34. The molecule has 6 heteroatoms. The number of halogens is 1. The van der Waals surface area contributed by atoms with Gasteiger partial charge in [-0.05, 0) is 37.9 Å². The molecule has 0 aliphatic carbocycles. The lowest BCUT2D eigenvalue weighted by atomic mass is 10.2. The molecule has 1 aromatic heterocycles. The van der Waals surface area contributed by atoms with Crippen molar-refractivity contribution in [2.24, 2.45) is 0 Å². The van der Waals surface area contributed by atoms with Gasteiger partial charge in [0.2, 0.25) is 5.28 Å². The topological polar surface area (TPSA) is 61.3 Å². The Bertz CT molecular complexity index is 475. The number of nitrogens with zero attached hydrogens (tertiary/aromatic N) is 2. The molecule has 0 spiro atoms. The molecule has 1 rings (SSSR count). The van der Waals surface area contributed by atoms with Crippen molar-refractivity contribution in [2.75, 3.05) is 6.61 Å². The molecular formula is C14H19ClN2O3. The van der Waals surface area contributed by atoms with Gasteiger partial charge in [-0.3, -0.25) is 0 Å². The van der Waals surface area contributed by atoms with Gasteiger partial charge < -0.3 is 9.47 Å². The number of rotatable bonds is 7. The van der Waals surface area contributed by atoms with E-state index < -0.39 is 5.97 Å². The summed E-state index contributed by atoms with van der Waals surface area (Å²) in [6.45, 7) is 6.25. The SMILES string of the molecule is CCCCO/C=C/c1nc(Cl)ncc1C(=O)OC(C)C. The molecule has 0 radical (unpaired) electrons. The van der Waals surface area contributed by atoms with E-state index in [9.17, 15) is 4.79 Å². The number of hydrogen-bond acceptors (Lipinski definition) is 5. The Morgan fingerprint density at radius 1 is 1.50 bits per heavy atom. The van der Waals surface area contributed by atoms with Crippen LogP contribution in [0.15, 0.2) is 12.5 Å². The molecule has 110 valence electrons. The minimum atomic E-state index is -0.482. The van der Waals surface area contributed by atoms with E-state index in [0.29, 0.717) is 12.3 Å². The third kappa shape index (κ3) is 5.57. The average molecular weight is 299 g/mol. The molecule has 20 heavy (non-hydrogen) atoms. The number of ether oxygens (including phenoxy) is 2. The van der Waals surface area contributed by atoms with Gasteiger partial charge in [0.25, 0.3) is 0 Å². The van der Waals surface area contributed by atoms with Gasteiger partial charge in [-0.2, -0.15) is 0 Å². The molecule has 0 aromatic carbocycles. The second kappa shape index (κ2) is 8.53. The van der Waals surface area contributed by atoms with Gasteiger partial charge in [-0.1, -0.05) is 13.3 Å². The molecule has 0 amide bonds. The Morgan fingerprint density at radius 2 is 2.25 bits per heavy atom. The monoisotopic (exact) mass is 298 g/mol. The molecule has 0 unspecified atom stereocenters. The van der Waals surface area contributed by atoms with Crippen LogP contribution < -0.4 is 0 Å². The number of esters is 1. The van der Waals surface area contributed by atoms with Gasteiger partial charge in [0.15, 0.2) is 0 Å². The smallest absolute Gasteiger partial charge is 0.342 e. The normalized spacial score (nSPS) is 11.1. The number of carbonyl (C=O) groups is 1. The fraction of sp³-hybridized carbons (Fsp3) is 0.500. The molecular weight excluding hydrogens is 280 g/mol. The van der Waals surface area contributed by atoms with E-state index >= 15 is 0 Å². The van der Waals surface area contributed by atoms with Crippen LogP contribution in [0.5, 0.6) is 0 Å². The average Bonchev–Trinajstić information content (AvgIpc) is 2.37. The molecule has 0 aliphatic rings. The molecule has 0 N–H and O–H groups in total. The zero-order valence-corrected chi connectivity index (χ0v) is 12.7. The highest BCUT2D eigenvalue weighted by atomic mass is 35.5. The highest BCUT2D eigenvalue weighted by Gasteiger charge is 2.15. The lowest BCUT2D eigenvalue weighted by Crippen LogP contribution is -2.14. The molecule has 5 nitrogen and oxygen atoms in total. The first kappa shape index (κ1) is 16.4. The Morgan fingerprint density at radius 3 is 2.90 bits per heavy atom. The summed E-state index contributed by atoms with van der Waals surface area (Å²) in [4.78, 5) is 19.7. The highest BCUT2D eigenvalue weighted by molar-refractivity contribution is 6.28.